The first-order valence-electron chi connectivity index (χ1n) is 5.29. The molecule has 6 nitrogen and oxygen atoms in total. The van der Waals surface area contributed by atoms with Crippen molar-refractivity contribution >= 4 is 0 Å². The van der Waals surface area contributed by atoms with E-state index in [1.807, 2.05) is 10.9 Å². The van der Waals surface area contributed by atoms with Crippen LogP contribution in [0.3, 0.4) is 0 Å². The Hall–Kier alpha value is -1.69. The van der Waals surface area contributed by atoms with Gasteiger partial charge in [0.1, 0.15) is 0 Å². The van der Waals surface area contributed by atoms with Crippen molar-refractivity contribution in [2.75, 3.05) is 0 Å². The zero-order chi connectivity index (χ0) is 11.5. The first-order valence-corrected chi connectivity index (χ1v) is 5.29. The maximum atomic E-state index is 6.00. The summed E-state index contributed by atoms with van der Waals surface area (Å²) in [7, 11) is 0. The first kappa shape index (κ1) is 10.8. The number of nitrogens with two attached hydrogens (primary N) is 1. The molecule has 0 fully saturated rings. The average Bonchev–Trinajstić information content (AvgIpc) is 2.87. The van der Waals surface area contributed by atoms with E-state index >= 15 is 0 Å². The van der Waals surface area contributed by atoms with E-state index in [0.29, 0.717) is 11.7 Å². The lowest BCUT2D eigenvalue weighted by molar-refractivity contribution is 0.385. The van der Waals surface area contributed by atoms with Crippen molar-refractivity contribution in [1.82, 2.24) is 19.9 Å². The molecule has 1 unspecified atom stereocenters. The first-order chi connectivity index (χ1) is 7.70. The second-order valence-corrected chi connectivity index (χ2v) is 3.69. The number of rotatable bonds is 4. The molecule has 16 heavy (non-hydrogen) atoms. The normalized spacial score (nSPS) is 12.9. The van der Waals surface area contributed by atoms with Gasteiger partial charge in [-0.25, -0.2) is 0 Å². The molecule has 0 amide bonds. The van der Waals surface area contributed by atoms with E-state index in [4.69, 9.17) is 10.3 Å². The van der Waals surface area contributed by atoms with Crippen LogP contribution < -0.4 is 5.73 Å². The Morgan fingerprint density at radius 1 is 1.56 bits per heavy atom. The van der Waals surface area contributed by atoms with Crippen molar-refractivity contribution in [2.45, 2.75) is 32.9 Å². The van der Waals surface area contributed by atoms with Crippen LogP contribution in [-0.4, -0.2) is 19.9 Å². The van der Waals surface area contributed by atoms with E-state index in [1.165, 1.54) is 0 Å². The number of nitrogens with zero attached hydrogens (tertiary/aromatic N) is 4. The summed E-state index contributed by atoms with van der Waals surface area (Å²) >= 11 is 0. The molecule has 2 aromatic rings. The number of aromatic nitrogens is 4. The maximum absolute atomic E-state index is 6.00. The summed E-state index contributed by atoms with van der Waals surface area (Å²) in [5.74, 6) is 1.01. The molecular weight excluding hydrogens is 206 g/mol. The smallest absolute Gasteiger partial charge is 0.223 e. The van der Waals surface area contributed by atoms with Gasteiger partial charge >= 0.3 is 0 Å². The minimum absolute atomic E-state index is 0.372. The van der Waals surface area contributed by atoms with E-state index < -0.39 is 0 Å². The minimum atomic E-state index is -0.372. The number of aryl methyl sites for hydroxylation is 2. The molecule has 6 heteroatoms. The van der Waals surface area contributed by atoms with Crippen molar-refractivity contribution in [2.24, 2.45) is 5.73 Å². The van der Waals surface area contributed by atoms with Crippen LogP contribution in [0.4, 0.5) is 0 Å². The molecule has 1 atom stereocenters. The Morgan fingerprint density at radius 3 is 3.00 bits per heavy atom. The molecule has 2 N–H and O–H groups in total. The summed E-state index contributed by atoms with van der Waals surface area (Å²) in [4.78, 5) is 4.10. The van der Waals surface area contributed by atoms with Gasteiger partial charge in [0, 0.05) is 25.2 Å². The van der Waals surface area contributed by atoms with Gasteiger partial charge in [-0.05, 0) is 6.42 Å². The topological polar surface area (TPSA) is 82.8 Å². The summed E-state index contributed by atoms with van der Waals surface area (Å²) in [6, 6.07) is -0.372. The molecule has 0 aliphatic heterocycles. The Labute approximate surface area is 93.4 Å². The van der Waals surface area contributed by atoms with Gasteiger partial charge in [-0.3, -0.25) is 4.68 Å². The molecular formula is C10H15N5O. The molecule has 0 aliphatic carbocycles. The van der Waals surface area contributed by atoms with Crippen LogP contribution in [0.1, 0.15) is 36.7 Å². The van der Waals surface area contributed by atoms with E-state index in [0.717, 1.165) is 18.5 Å². The van der Waals surface area contributed by atoms with Crippen LogP contribution >= 0.6 is 0 Å². The number of hydrogen-bond donors (Lipinski definition) is 1. The van der Waals surface area contributed by atoms with Gasteiger partial charge in [-0.2, -0.15) is 10.1 Å². The molecule has 0 saturated carbocycles. The van der Waals surface area contributed by atoms with Crippen LogP contribution in [0.2, 0.25) is 0 Å². The maximum Gasteiger partial charge on any atom is 0.223 e. The van der Waals surface area contributed by atoms with Crippen molar-refractivity contribution in [3.05, 3.63) is 29.7 Å². The van der Waals surface area contributed by atoms with Crippen molar-refractivity contribution in [1.29, 1.82) is 0 Å². The molecule has 0 saturated heterocycles. The third-order valence-electron chi connectivity index (χ3n) is 2.29. The molecule has 2 rings (SSSR count). The van der Waals surface area contributed by atoms with E-state index in [9.17, 15) is 0 Å². The van der Waals surface area contributed by atoms with Gasteiger partial charge in [0.2, 0.25) is 5.89 Å². The highest BCUT2D eigenvalue weighted by molar-refractivity contribution is 5.17. The molecule has 0 aliphatic rings. The van der Waals surface area contributed by atoms with Crippen LogP contribution in [0.15, 0.2) is 16.9 Å². The highest BCUT2D eigenvalue weighted by Gasteiger charge is 2.16. The second-order valence-electron chi connectivity index (χ2n) is 3.69. The van der Waals surface area contributed by atoms with Crippen LogP contribution in [0.5, 0.6) is 0 Å². The summed E-state index contributed by atoms with van der Waals surface area (Å²) in [5, 5.41) is 8.01. The Kier molecular flexibility index (Phi) is 3.00. The quantitative estimate of drug-likeness (QED) is 0.833. The average molecular weight is 221 g/mol. The summed E-state index contributed by atoms with van der Waals surface area (Å²) < 4.78 is 6.76. The fraction of sp³-hybridized carbons (Fsp3) is 0.500. The molecule has 0 spiro atoms. The summed E-state index contributed by atoms with van der Waals surface area (Å²) in [6.45, 7) is 4.73. The predicted molar refractivity (Wildman–Crippen MR) is 57.6 cm³/mol. The van der Waals surface area contributed by atoms with Gasteiger partial charge in [-0.1, -0.05) is 12.1 Å². The molecule has 0 aromatic carbocycles. The third kappa shape index (κ3) is 2.11. The Balaban J connectivity index is 2.17. The SMILES string of the molecule is CCCn1cc(C(N)c2noc(C)n2)cn1. The lowest BCUT2D eigenvalue weighted by atomic mass is 10.2. The zero-order valence-corrected chi connectivity index (χ0v) is 9.42. The van der Waals surface area contributed by atoms with E-state index in [1.54, 1.807) is 13.1 Å². The largest absolute Gasteiger partial charge is 0.340 e. The van der Waals surface area contributed by atoms with Crippen molar-refractivity contribution < 1.29 is 4.52 Å². The van der Waals surface area contributed by atoms with Crippen molar-refractivity contribution in [3.8, 4) is 0 Å². The minimum Gasteiger partial charge on any atom is -0.340 e. The Morgan fingerprint density at radius 2 is 2.38 bits per heavy atom. The lowest BCUT2D eigenvalue weighted by Crippen LogP contribution is -2.13. The fourth-order valence-corrected chi connectivity index (χ4v) is 1.48. The van der Waals surface area contributed by atoms with Gasteiger partial charge < -0.3 is 10.3 Å². The van der Waals surface area contributed by atoms with Crippen LogP contribution in [0, 0.1) is 6.92 Å². The molecule has 0 radical (unpaired) electrons. The van der Waals surface area contributed by atoms with Crippen molar-refractivity contribution in [3.63, 3.8) is 0 Å². The van der Waals surface area contributed by atoms with Gasteiger partial charge in [0.15, 0.2) is 5.82 Å². The molecule has 2 heterocycles. The van der Waals surface area contributed by atoms with Crippen LogP contribution in [0.25, 0.3) is 0 Å². The molecule has 86 valence electrons. The highest BCUT2D eigenvalue weighted by atomic mass is 16.5. The highest BCUT2D eigenvalue weighted by Crippen LogP contribution is 2.15. The summed E-state index contributed by atoms with van der Waals surface area (Å²) in [6.07, 6.45) is 4.70. The monoisotopic (exact) mass is 221 g/mol. The molecule has 2 aromatic heterocycles. The molecule has 0 bridgehead atoms. The van der Waals surface area contributed by atoms with Gasteiger partial charge in [0.25, 0.3) is 0 Å². The predicted octanol–water partition coefficient (Wildman–Crippen LogP) is 1.03. The third-order valence-corrected chi connectivity index (χ3v) is 2.29. The van der Waals surface area contributed by atoms with Crippen LogP contribution in [-0.2, 0) is 6.54 Å². The zero-order valence-electron chi connectivity index (χ0n) is 9.42. The summed E-state index contributed by atoms with van der Waals surface area (Å²) in [5.41, 5.74) is 6.90. The second kappa shape index (κ2) is 4.44. The lowest BCUT2D eigenvalue weighted by Gasteiger charge is -2.02. The standard InChI is InChI=1S/C10H15N5O/c1-3-4-15-6-8(5-12-15)9(11)10-13-7(2)16-14-10/h5-6,9H,3-4,11H2,1-2H3. The number of hydrogen-bond acceptors (Lipinski definition) is 5. The Bertz CT molecular complexity index is 461. The fourth-order valence-electron chi connectivity index (χ4n) is 1.48. The van der Waals surface area contributed by atoms with E-state index in [-0.39, 0.29) is 6.04 Å². The van der Waals surface area contributed by atoms with E-state index in [2.05, 4.69) is 22.2 Å². The van der Waals surface area contributed by atoms with Gasteiger partial charge in [-0.15, -0.1) is 0 Å². The van der Waals surface area contributed by atoms with Gasteiger partial charge in [0.05, 0.1) is 12.2 Å².